The predicted molar refractivity (Wildman–Crippen MR) is 123 cm³/mol. The zero-order chi connectivity index (χ0) is 23.3. The molecule has 10 heteroatoms. The number of rotatable bonds is 8. The van der Waals surface area contributed by atoms with E-state index in [1.165, 1.54) is 21.7 Å². The monoisotopic (exact) mass is 480 g/mol. The van der Waals surface area contributed by atoms with Crippen LogP contribution in [0.5, 0.6) is 0 Å². The SMILES string of the molecule is CCCc1cc(C(=O)OCC(=O)Nc2ccc(C)c(S(=O)(=O)N3CCOCC3)c2)sc1C. The number of amides is 1. The number of carbonyl (C=O) groups excluding carboxylic acids is 2. The lowest BCUT2D eigenvalue weighted by Crippen LogP contribution is -2.40. The molecule has 0 unspecified atom stereocenters. The molecule has 1 aliphatic heterocycles. The molecule has 1 N–H and O–H groups in total. The van der Waals surface area contributed by atoms with Crippen LogP contribution in [0.25, 0.3) is 0 Å². The van der Waals surface area contributed by atoms with Gasteiger partial charge in [-0.2, -0.15) is 4.31 Å². The summed E-state index contributed by atoms with van der Waals surface area (Å²) in [5, 5.41) is 2.61. The summed E-state index contributed by atoms with van der Waals surface area (Å²) in [6.07, 6.45) is 1.87. The summed E-state index contributed by atoms with van der Waals surface area (Å²) in [5.74, 6) is -1.09. The van der Waals surface area contributed by atoms with E-state index in [9.17, 15) is 18.0 Å². The van der Waals surface area contributed by atoms with E-state index in [1.807, 2.05) is 13.0 Å². The third-order valence-electron chi connectivity index (χ3n) is 5.14. The van der Waals surface area contributed by atoms with Crippen LogP contribution in [0.4, 0.5) is 5.69 Å². The second-order valence-electron chi connectivity index (χ2n) is 7.56. The Labute approximate surface area is 192 Å². The molecule has 1 aromatic heterocycles. The van der Waals surface area contributed by atoms with Crippen molar-refractivity contribution in [1.82, 2.24) is 4.31 Å². The molecule has 32 heavy (non-hydrogen) atoms. The van der Waals surface area contributed by atoms with Gasteiger partial charge in [-0.25, -0.2) is 13.2 Å². The van der Waals surface area contributed by atoms with Gasteiger partial charge in [0.25, 0.3) is 5.91 Å². The lowest BCUT2D eigenvalue weighted by molar-refractivity contribution is -0.119. The zero-order valence-corrected chi connectivity index (χ0v) is 20.1. The minimum Gasteiger partial charge on any atom is -0.451 e. The summed E-state index contributed by atoms with van der Waals surface area (Å²) in [4.78, 5) is 26.3. The lowest BCUT2D eigenvalue weighted by Gasteiger charge is -2.26. The Morgan fingerprint density at radius 2 is 1.91 bits per heavy atom. The van der Waals surface area contributed by atoms with E-state index in [4.69, 9.17) is 9.47 Å². The Morgan fingerprint density at radius 1 is 1.19 bits per heavy atom. The van der Waals surface area contributed by atoms with Gasteiger partial charge in [-0.3, -0.25) is 4.79 Å². The zero-order valence-electron chi connectivity index (χ0n) is 18.5. The highest BCUT2D eigenvalue weighted by Crippen LogP contribution is 2.25. The molecular weight excluding hydrogens is 452 g/mol. The van der Waals surface area contributed by atoms with Crippen LogP contribution in [0.1, 0.15) is 39.0 Å². The van der Waals surface area contributed by atoms with E-state index < -0.39 is 28.5 Å². The number of hydrogen-bond acceptors (Lipinski definition) is 7. The minimum atomic E-state index is -3.70. The second-order valence-corrected chi connectivity index (χ2v) is 10.7. The molecule has 1 fully saturated rings. The molecule has 2 aromatic rings. The van der Waals surface area contributed by atoms with Crippen molar-refractivity contribution in [2.45, 2.75) is 38.5 Å². The summed E-state index contributed by atoms with van der Waals surface area (Å²) in [5.41, 5.74) is 2.01. The van der Waals surface area contributed by atoms with Crippen LogP contribution < -0.4 is 5.32 Å². The molecule has 0 bridgehead atoms. The summed E-state index contributed by atoms with van der Waals surface area (Å²) in [6.45, 7) is 6.55. The number of esters is 1. The number of nitrogens with one attached hydrogen (secondary N) is 1. The fraction of sp³-hybridized carbons (Fsp3) is 0.455. The van der Waals surface area contributed by atoms with Crippen molar-refractivity contribution >= 4 is 38.9 Å². The topological polar surface area (TPSA) is 102 Å². The number of carbonyl (C=O) groups is 2. The summed E-state index contributed by atoms with van der Waals surface area (Å²) < 4.78 is 37.7. The number of benzene rings is 1. The molecule has 1 aliphatic rings. The highest BCUT2D eigenvalue weighted by molar-refractivity contribution is 7.89. The number of sulfonamides is 1. The number of thiophene rings is 1. The van der Waals surface area contributed by atoms with Gasteiger partial charge in [0, 0.05) is 23.7 Å². The molecule has 0 spiro atoms. The van der Waals surface area contributed by atoms with Gasteiger partial charge in [0.2, 0.25) is 10.0 Å². The number of hydrogen-bond donors (Lipinski definition) is 1. The van der Waals surface area contributed by atoms with Crippen molar-refractivity contribution in [2.24, 2.45) is 0 Å². The standard InChI is InChI=1S/C22H28N2O6S2/c1-4-5-17-12-19(31-16(17)3)22(26)30-14-21(25)23-18-7-6-15(2)20(13-18)32(27,28)24-8-10-29-11-9-24/h6-7,12-13H,4-5,8-11,14H2,1-3H3,(H,23,25). The van der Waals surface area contributed by atoms with Gasteiger partial charge in [0.05, 0.1) is 18.1 Å². The van der Waals surface area contributed by atoms with Crippen LogP contribution in [-0.2, 0) is 30.7 Å². The van der Waals surface area contributed by atoms with Gasteiger partial charge < -0.3 is 14.8 Å². The maximum absolute atomic E-state index is 13.0. The maximum atomic E-state index is 13.0. The summed E-state index contributed by atoms with van der Waals surface area (Å²) >= 11 is 1.35. The summed E-state index contributed by atoms with van der Waals surface area (Å²) in [7, 11) is -3.70. The predicted octanol–water partition coefficient (Wildman–Crippen LogP) is 3.13. The molecule has 1 aromatic carbocycles. The van der Waals surface area contributed by atoms with Crippen LogP contribution in [0.3, 0.4) is 0 Å². The molecule has 0 aliphatic carbocycles. The van der Waals surface area contributed by atoms with Crippen molar-refractivity contribution in [1.29, 1.82) is 0 Å². The smallest absolute Gasteiger partial charge is 0.348 e. The Bertz CT molecular complexity index is 1090. The quantitative estimate of drug-likeness (QED) is 0.583. The van der Waals surface area contributed by atoms with Gasteiger partial charge >= 0.3 is 5.97 Å². The molecule has 2 heterocycles. The molecule has 8 nitrogen and oxygen atoms in total. The first kappa shape index (κ1) is 24.4. The first-order valence-corrected chi connectivity index (χ1v) is 12.7. The van der Waals surface area contributed by atoms with E-state index in [2.05, 4.69) is 12.2 Å². The molecule has 174 valence electrons. The van der Waals surface area contributed by atoms with Gasteiger partial charge in [0.1, 0.15) is 4.88 Å². The molecular formula is C22H28N2O6S2. The van der Waals surface area contributed by atoms with E-state index in [1.54, 1.807) is 19.1 Å². The third kappa shape index (κ3) is 5.74. The first-order chi connectivity index (χ1) is 15.2. The van der Waals surface area contributed by atoms with E-state index in [-0.39, 0.29) is 18.0 Å². The van der Waals surface area contributed by atoms with Gasteiger partial charge in [0.15, 0.2) is 6.61 Å². The maximum Gasteiger partial charge on any atom is 0.348 e. The second kappa shape index (κ2) is 10.6. The van der Waals surface area contributed by atoms with Crippen LogP contribution >= 0.6 is 11.3 Å². The number of anilines is 1. The van der Waals surface area contributed by atoms with E-state index in [0.29, 0.717) is 29.3 Å². The van der Waals surface area contributed by atoms with Gasteiger partial charge in [-0.05, 0) is 49.6 Å². The number of aryl methyl sites for hydroxylation is 3. The Balaban J connectivity index is 1.63. The van der Waals surface area contributed by atoms with Crippen molar-refractivity contribution in [2.75, 3.05) is 38.2 Å². The largest absolute Gasteiger partial charge is 0.451 e. The number of ether oxygens (including phenoxy) is 2. The average Bonchev–Trinajstić information content (AvgIpc) is 3.14. The molecule has 0 atom stereocenters. The number of nitrogens with zero attached hydrogens (tertiary/aromatic N) is 1. The molecule has 0 radical (unpaired) electrons. The highest BCUT2D eigenvalue weighted by Gasteiger charge is 2.28. The van der Waals surface area contributed by atoms with Crippen molar-refractivity contribution < 1.29 is 27.5 Å². The average molecular weight is 481 g/mol. The lowest BCUT2D eigenvalue weighted by atomic mass is 10.1. The first-order valence-electron chi connectivity index (χ1n) is 10.5. The van der Waals surface area contributed by atoms with Gasteiger partial charge in [-0.1, -0.05) is 19.4 Å². The van der Waals surface area contributed by atoms with Crippen LogP contribution in [0.2, 0.25) is 0 Å². The fourth-order valence-corrected chi connectivity index (χ4v) is 6.04. The molecule has 3 rings (SSSR count). The van der Waals surface area contributed by atoms with E-state index >= 15 is 0 Å². The normalized spacial score (nSPS) is 14.8. The Hall–Kier alpha value is -2.27. The Kier molecular flexibility index (Phi) is 8.05. The summed E-state index contributed by atoms with van der Waals surface area (Å²) in [6, 6.07) is 6.50. The third-order valence-corrected chi connectivity index (χ3v) is 8.25. The van der Waals surface area contributed by atoms with E-state index in [0.717, 1.165) is 23.3 Å². The molecule has 0 saturated carbocycles. The van der Waals surface area contributed by atoms with Gasteiger partial charge in [-0.15, -0.1) is 11.3 Å². The van der Waals surface area contributed by atoms with Crippen LogP contribution in [0.15, 0.2) is 29.2 Å². The van der Waals surface area contributed by atoms with Crippen LogP contribution in [-0.4, -0.2) is 57.5 Å². The highest BCUT2D eigenvalue weighted by atomic mass is 32.2. The van der Waals surface area contributed by atoms with Crippen molar-refractivity contribution in [3.8, 4) is 0 Å². The molecule has 1 saturated heterocycles. The fourth-order valence-electron chi connectivity index (χ4n) is 3.42. The minimum absolute atomic E-state index is 0.131. The Morgan fingerprint density at radius 3 is 2.59 bits per heavy atom. The van der Waals surface area contributed by atoms with Crippen LogP contribution in [0, 0.1) is 13.8 Å². The molecule has 1 amide bonds. The van der Waals surface area contributed by atoms with Crippen molar-refractivity contribution in [3.05, 3.63) is 45.1 Å². The van der Waals surface area contributed by atoms with Crippen molar-refractivity contribution in [3.63, 3.8) is 0 Å². The number of morpholine rings is 1.